The number of hydrogen-bond donors (Lipinski definition) is 0. The number of hydrogen-bond acceptors (Lipinski definition) is 7. The summed E-state index contributed by atoms with van der Waals surface area (Å²) >= 11 is 0. The molecule has 0 aliphatic heterocycles. The first-order chi connectivity index (χ1) is 7.65. The fourth-order valence-corrected chi connectivity index (χ4v) is 0.539. The van der Waals surface area contributed by atoms with Crippen molar-refractivity contribution in [3.05, 3.63) is 12.7 Å². The minimum atomic E-state index is -1.14. The van der Waals surface area contributed by atoms with Gasteiger partial charge in [0.05, 0.1) is 6.61 Å². The molecule has 0 amide bonds. The van der Waals surface area contributed by atoms with Crippen LogP contribution in [-0.2, 0) is 19.1 Å². The van der Waals surface area contributed by atoms with Gasteiger partial charge >= 0.3 is 12.1 Å². The Kier molecular flexibility index (Phi) is 6.81. The Morgan fingerprint density at radius 1 is 1.50 bits per heavy atom. The molecule has 0 aromatic rings. The standard InChI is InChI=1S/C9H10N2O5/c1-3-5-15-9(13)16-11-7(6-10)8(12)14-4-2/h3H,1,4-5H2,2H3/b11-7+. The van der Waals surface area contributed by atoms with Gasteiger partial charge in [0.2, 0.25) is 0 Å². The molecule has 16 heavy (non-hydrogen) atoms. The molecule has 0 radical (unpaired) electrons. The van der Waals surface area contributed by atoms with Gasteiger partial charge in [-0.15, -0.1) is 0 Å². The number of carbonyl (C=O) groups is 2. The van der Waals surface area contributed by atoms with Crippen molar-refractivity contribution >= 4 is 17.8 Å². The van der Waals surface area contributed by atoms with E-state index in [1.54, 1.807) is 6.92 Å². The summed E-state index contributed by atoms with van der Waals surface area (Å²) < 4.78 is 8.85. The molecule has 0 aliphatic rings. The fraction of sp³-hybridized carbons (Fsp3) is 0.333. The maximum Gasteiger partial charge on any atom is 0.535 e. The van der Waals surface area contributed by atoms with Crippen molar-refractivity contribution in [3.8, 4) is 6.07 Å². The number of oxime groups is 1. The maximum atomic E-state index is 11.0. The highest BCUT2D eigenvalue weighted by molar-refractivity contribution is 6.42. The van der Waals surface area contributed by atoms with Gasteiger partial charge in [-0.1, -0.05) is 17.8 Å². The minimum Gasteiger partial charge on any atom is -0.461 e. The van der Waals surface area contributed by atoms with Gasteiger partial charge in [-0.3, -0.25) is 4.84 Å². The summed E-state index contributed by atoms with van der Waals surface area (Å²) in [6.45, 7) is 4.89. The summed E-state index contributed by atoms with van der Waals surface area (Å²) in [4.78, 5) is 25.8. The zero-order chi connectivity index (χ0) is 12.4. The van der Waals surface area contributed by atoms with Gasteiger partial charge in [0.1, 0.15) is 12.7 Å². The van der Waals surface area contributed by atoms with Crippen LogP contribution in [-0.4, -0.2) is 31.1 Å². The van der Waals surface area contributed by atoms with Gasteiger partial charge in [0.15, 0.2) is 0 Å². The molecule has 0 aromatic heterocycles. The van der Waals surface area contributed by atoms with Crippen LogP contribution in [0.15, 0.2) is 17.8 Å². The van der Waals surface area contributed by atoms with Crippen molar-refractivity contribution in [2.24, 2.45) is 5.16 Å². The summed E-state index contributed by atoms with van der Waals surface area (Å²) in [6.07, 6.45) is 0.179. The van der Waals surface area contributed by atoms with Crippen LogP contribution in [0, 0.1) is 11.3 Å². The Labute approximate surface area is 91.9 Å². The lowest BCUT2D eigenvalue weighted by Gasteiger charge is -1.99. The number of nitrogens with zero attached hydrogens (tertiary/aromatic N) is 2. The summed E-state index contributed by atoms with van der Waals surface area (Å²) in [5.74, 6) is -0.971. The molecule has 0 aromatic carbocycles. The van der Waals surface area contributed by atoms with Crippen LogP contribution in [0.5, 0.6) is 0 Å². The lowest BCUT2D eigenvalue weighted by molar-refractivity contribution is -0.135. The molecule has 86 valence electrons. The highest BCUT2D eigenvalue weighted by atomic mass is 16.8. The van der Waals surface area contributed by atoms with E-state index in [0.29, 0.717) is 0 Å². The third-order valence-electron chi connectivity index (χ3n) is 1.11. The van der Waals surface area contributed by atoms with Crippen molar-refractivity contribution < 1.29 is 23.9 Å². The van der Waals surface area contributed by atoms with Gasteiger partial charge in [-0.2, -0.15) is 5.26 Å². The second-order valence-electron chi connectivity index (χ2n) is 2.21. The monoisotopic (exact) mass is 226 g/mol. The third-order valence-corrected chi connectivity index (χ3v) is 1.11. The SMILES string of the molecule is C=CCOC(=O)O/N=C(\C#N)C(=O)OCC. The number of esters is 1. The summed E-state index contributed by atoms with van der Waals surface area (Å²) in [7, 11) is 0. The second-order valence-corrected chi connectivity index (χ2v) is 2.21. The quantitative estimate of drug-likeness (QED) is 0.226. The van der Waals surface area contributed by atoms with Crippen molar-refractivity contribution in [3.63, 3.8) is 0 Å². The number of carbonyl (C=O) groups excluding carboxylic acids is 2. The Balaban J connectivity index is 4.27. The molecule has 0 rings (SSSR count). The first-order valence-corrected chi connectivity index (χ1v) is 4.25. The molecule has 0 unspecified atom stereocenters. The van der Waals surface area contributed by atoms with Crippen molar-refractivity contribution in [1.82, 2.24) is 0 Å². The van der Waals surface area contributed by atoms with E-state index >= 15 is 0 Å². The average molecular weight is 226 g/mol. The van der Waals surface area contributed by atoms with Crippen LogP contribution >= 0.6 is 0 Å². The molecule has 0 bridgehead atoms. The van der Waals surface area contributed by atoms with E-state index in [-0.39, 0.29) is 13.2 Å². The molecule has 0 aliphatic carbocycles. The van der Waals surface area contributed by atoms with Gasteiger partial charge in [-0.05, 0) is 6.92 Å². The average Bonchev–Trinajstić information content (AvgIpc) is 2.27. The molecular weight excluding hydrogens is 216 g/mol. The first-order valence-electron chi connectivity index (χ1n) is 4.25. The molecule has 7 heteroatoms. The van der Waals surface area contributed by atoms with E-state index in [4.69, 9.17) is 5.26 Å². The van der Waals surface area contributed by atoms with E-state index in [0.717, 1.165) is 0 Å². The van der Waals surface area contributed by atoms with E-state index in [1.165, 1.54) is 12.1 Å². The Hall–Kier alpha value is -2.36. The number of nitriles is 1. The maximum absolute atomic E-state index is 11.0. The Morgan fingerprint density at radius 2 is 2.19 bits per heavy atom. The van der Waals surface area contributed by atoms with Gasteiger partial charge in [-0.25, -0.2) is 9.59 Å². The largest absolute Gasteiger partial charge is 0.535 e. The van der Waals surface area contributed by atoms with Gasteiger partial charge in [0, 0.05) is 0 Å². The lowest BCUT2D eigenvalue weighted by Crippen LogP contribution is -2.17. The molecule has 0 saturated heterocycles. The molecule has 0 saturated carbocycles. The molecule has 0 fully saturated rings. The lowest BCUT2D eigenvalue weighted by atomic mass is 10.4. The fourth-order valence-electron chi connectivity index (χ4n) is 0.539. The molecule has 0 spiro atoms. The molecule has 0 atom stereocenters. The molecule has 0 N–H and O–H groups in total. The topological polar surface area (TPSA) is 98.0 Å². The zero-order valence-corrected chi connectivity index (χ0v) is 8.63. The minimum absolute atomic E-state index is 0.0599. The van der Waals surface area contributed by atoms with E-state index < -0.39 is 17.8 Å². The normalized spacial score (nSPS) is 9.88. The molecular formula is C9H10N2O5. The van der Waals surface area contributed by atoms with Gasteiger partial charge in [0.25, 0.3) is 5.71 Å². The second kappa shape index (κ2) is 7.99. The third kappa shape index (κ3) is 5.39. The smallest absolute Gasteiger partial charge is 0.461 e. The van der Waals surface area contributed by atoms with Crippen molar-refractivity contribution in [1.29, 1.82) is 5.26 Å². The highest BCUT2D eigenvalue weighted by Gasteiger charge is 2.14. The van der Waals surface area contributed by atoms with Crippen molar-refractivity contribution in [2.45, 2.75) is 6.92 Å². The number of rotatable bonds is 5. The summed E-state index contributed by atoms with van der Waals surface area (Å²) in [6, 6.07) is 1.42. The molecule has 0 heterocycles. The van der Waals surface area contributed by atoms with Gasteiger partial charge < -0.3 is 9.47 Å². The number of ether oxygens (including phenoxy) is 2. The van der Waals surface area contributed by atoms with Crippen molar-refractivity contribution in [2.75, 3.05) is 13.2 Å². The highest BCUT2D eigenvalue weighted by Crippen LogP contribution is 1.90. The van der Waals surface area contributed by atoms with Crippen LogP contribution in [0.4, 0.5) is 4.79 Å². The first kappa shape index (κ1) is 13.6. The van der Waals surface area contributed by atoms with E-state index in [1.807, 2.05) is 0 Å². The zero-order valence-electron chi connectivity index (χ0n) is 8.63. The predicted molar refractivity (Wildman–Crippen MR) is 52.3 cm³/mol. The van der Waals surface area contributed by atoms with E-state index in [2.05, 4.69) is 26.0 Å². The Morgan fingerprint density at radius 3 is 2.69 bits per heavy atom. The summed E-state index contributed by atoms with van der Waals surface area (Å²) in [5.41, 5.74) is -0.669. The van der Waals surface area contributed by atoms with Crippen LogP contribution < -0.4 is 0 Å². The van der Waals surface area contributed by atoms with Crippen LogP contribution in [0.25, 0.3) is 0 Å². The summed E-state index contributed by atoms with van der Waals surface area (Å²) in [5, 5.41) is 11.5. The molecule has 7 nitrogen and oxygen atoms in total. The van der Waals surface area contributed by atoms with Crippen LogP contribution in [0.1, 0.15) is 6.92 Å². The van der Waals surface area contributed by atoms with E-state index in [9.17, 15) is 9.59 Å². The Bertz CT molecular complexity index is 342. The predicted octanol–water partition coefficient (Wildman–Crippen LogP) is 0.768. The van der Waals surface area contributed by atoms with Crippen LogP contribution in [0.2, 0.25) is 0 Å². The van der Waals surface area contributed by atoms with Crippen LogP contribution in [0.3, 0.4) is 0 Å².